The van der Waals surface area contributed by atoms with E-state index >= 15 is 0 Å². The van der Waals surface area contributed by atoms with Crippen molar-refractivity contribution in [2.45, 2.75) is 17.7 Å². The van der Waals surface area contributed by atoms with Crippen LogP contribution in [0.1, 0.15) is 12.8 Å². The summed E-state index contributed by atoms with van der Waals surface area (Å²) in [6.07, 6.45) is 1.59. The standard InChI is InChI=1S/C11H14FNO3S/c12-9-3-1-2-4-10(9)17(15,16)13-7-11(8-14)5-6-11/h1-4,13-14H,5-8H2. The summed E-state index contributed by atoms with van der Waals surface area (Å²) < 4.78 is 39.3. The van der Waals surface area contributed by atoms with Gasteiger partial charge in [0.15, 0.2) is 0 Å². The van der Waals surface area contributed by atoms with Crippen molar-refractivity contribution in [3.63, 3.8) is 0 Å². The van der Waals surface area contributed by atoms with Gasteiger partial charge in [0, 0.05) is 18.6 Å². The molecule has 1 aliphatic rings. The average Bonchev–Trinajstić information content (AvgIpc) is 3.08. The highest BCUT2D eigenvalue weighted by Crippen LogP contribution is 2.44. The fourth-order valence-electron chi connectivity index (χ4n) is 1.56. The lowest BCUT2D eigenvalue weighted by Crippen LogP contribution is -2.32. The van der Waals surface area contributed by atoms with E-state index < -0.39 is 15.8 Å². The Morgan fingerprint density at radius 2 is 2.00 bits per heavy atom. The normalized spacial score (nSPS) is 18.0. The maximum absolute atomic E-state index is 13.3. The molecule has 0 unspecified atom stereocenters. The number of benzene rings is 1. The number of aliphatic hydroxyl groups is 1. The van der Waals surface area contributed by atoms with Crippen LogP contribution >= 0.6 is 0 Å². The monoisotopic (exact) mass is 259 g/mol. The molecular formula is C11H14FNO3S. The van der Waals surface area contributed by atoms with Crippen molar-refractivity contribution in [2.24, 2.45) is 5.41 Å². The van der Waals surface area contributed by atoms with E-state index in [4.69, 9.17) is 5.11 Å². The van der Waals surface area contributed by atoms with E-state index in [1.165, 1.54) is 18.2 Å². The molecule has 0 atom stereocenters. The Morgan fingerprint density at radius 1 is 1.35 bits per heavy atom. The number of hydrogen-bond donors (Lipinski definition) is 2. The number of rotatable bonds is 5. The first kappa shape index (κ1) is 12.5. The van der Waals surface area contributed by atoms with Gasteiger partial charge in [0.25, 0.3) is 0 Å². The number of sulfonamides is 1. The minimum atomic E-state index is -3.83. The van der Waals surface area contributed by atoms with Crippen LogP contribution in [-0.4, -0.2) is 26.7 Å². The molecule has 0 bridgehead atoms. The molecule has 1 aromatic carbocycles. The zero-order chi connectivity index (χ0) is 12.5. The summed E-state index contributed by atoms with van der Waals surface area (Å²) in [5, 5.41) is 9.07. The van der Waals surface area contributed by atoms with Crippen LogP contribution in [0.15, 0.2) is 29.2 Å². The number of nitrogens with one attached hydrogen (secondary N) is 1. The third-order valence-electron chi connectivity index (χ3n) is 3.06. The largest absolute Gasteiger partial charge is 0.396 e. The highest BCUT2D eigenvalue weighted by Gasteiger charge is 2.42. The van der Waals surface area contributed by atoms with Crippen molar-refractivity contribution in [3.05, 3.63) is 30.1 Å². The summed E-state index contributed by atoms with van der Waals surface area (Å²) in [5.41, 5.74) is -0.335. The van der Waals surface area contributed by atoms with E-state index in [9.17, 15) is 12.8 Å². The van der Waals surface area contributed by atoms with Crippen LogP contribution in [0.3, 0.4) is 0 Å². The van der Waals surface area contributed by atoms with Crippen LogP contribution in [0.25, 0.3) is 0 Å². The second-order valence-corrected chi connectivity index (χ2v) is 6.15. The molecular weight excluding hydrogens is 245 g/mol. The molecule has 2 N–H and O–H groups in total. The summed E-state index contributed by atoms with van der Waals surface area (Å²) in [5.74, 6) is -0.770. The fourth-order valence-corrected chi connectivity index (χ4v) is 2.79. The molecule has 0 aromatic heterocycles. The molecule has 0 saturated heterocycles. The molecule has 0 spiro atoms. The van der Waals surface area contributed by atoms with Crippen LogP contribution in [0, 0.1) is 11.2 Å². The van der Waals surface area contributed by atoms with Gasteiger partial charge in [-0.15, -0.1) is 0 Å². The lowest BCUT2D eigenvalue weighted by molar-refractivity contribution is 0.213. The average molecular weight is 259 g/mol. The van der Waals surface area contributed by atoms with Gasteiger partial charge in [-0.2, -0.15) is 0 Å². The van der Waals surface area contributed by atoms with Crippen molar-refractivity contribution < 1.29 is 17.9 Å². The molecule has 0 aliphatic heterocycles. The van der Waals surface area contributed by atoms with Crippen molar-refractivity contribution in [1.29, 1.82) is 0 Å². The molecule has 94 valence electrons. The Kier molecular flexibility index (Phi) is 3.20. The fraction of sp³-hybridized carbons (Fsp3) is 0.455. The van der Waals surface area contributed by atoms with Crippen LogP contribution in [0.5, 0.6) is 0 Å². The highest BCUT2D eigenvalue weighted by molar-refractivity contribution is 7.89. The topological polar surface area (TPSA) is 66.4 Å². The Labute approximate surface area is 99.5 Å². The Balaban J connectivity index is 2.12. The first-order chi connectivity index (χ1) is 7.99. The summed E-state index contributed by atoms with van der Waals surface area (Å²) in [7, 11) is -3.83. The second kappa shape index (κ2) is 4.36. The van der Waals surface area contributed by atoms with E-state index in [0.717, 1.165) is 18.9 Å². The molecule has 2 rings (SSSR count). The van der Waals surface area contributed by atoms with Crippen LogP contribution in [-0.2, 0) is 10.0 Å². The van der Waals surface area contributed by atoms with Crippen molar-refractivity contribution in [3.8, 4) is 0 Å². The SMILES string of the molecule is O=S(=O)(NCC1(CO)CC1)c1ccccc1F. The van der Waals surface area contributed by atoms with Crippen LogP contribution in [0.2, 0.25) is 0 Å². The molecule has 0 amide bonds. The molecule has 0 heterocycles. The van der Waals surface area contributed by atoms with Crippen molar-refractivity contribution in [1.82, 2.24) is 4.72 Å². The summed E-state index contributed by atoms with van der Waals surface area (Å²) in [6.45, 7) is 0.104. The zero-order valence-corrected chi connectivity index (χ0v) is 10.0. The van der Waals surface area contributed by atoms with Crippen molar-refractivity contribution in [2.75, 3.05) is 13.2 Å². The van der Waals surface area contributed by atoms with Crippen LogP contribution < -0.4 is 4.72 Å². The Morgan fingerprint density at radius 3 is 2.53 bits per heavy atom. The molecule has 4 nitrogen and oxygen atoms in total. The van der Waals surface area contributed by atoms with Gasteiger partial charge in [0.05, 0.1) is 0 Å². The first-order valence-electron chi connectivity index (χ1n) is 5.34. The maximum Gasteiger partial charge on any atom is 0.243 e. The lowest BCUT2D eigenvalue weighted by Gasteiger charge is -2.13. The Bertz CT molecular complexity index is 511. The van der Waals surface area contributed by atoms with Gasteiger partial charge >= 0.3 is 0 Å². The lowest BCUT2D eigenvalue weighted by atomic mass is 10.1. The number of hydrogen-bond acceptors (Lipinski definition) is 3. The predicted octanol–water partition coefficient (Wildman–Crippen LogP) is 0.876. The first-order valence-corrected chi connectivity index (χ1v) is 6.83. The summed E-state index contributed by atoms with van der Waals surface area (Å²) in [6, 6.07) is 5.23. The van der Waals surface area contributed by atoms with Gasteiger partial charge in [0.2, 0.25) is 10.0 Å². The number of halogens is 1. The van der Waals surface area contributed by atoms with Gasteiger partial charge in [-0.1, -0.05) is 12.1 Å². The third kappa shape index (κ3) is 2.65. The van der Waals surface area contributed by atoms with Gasteiger partial charge in [-0.25, -0.2) is 17.5 Å². The van der Waals surface area contributed by atoms with E-state index in [-0.39, 0.29) is 23.5 Å². The molecule has 1 fully saturated rings. The molecule has 17 heavy (non-hydrogen) atoms. The predicted molar refractivity (Wildman–Crippen MR) is 60.3 cm³/mol. The van der Waals surface area contributed by atoms with E-state index in [2.05, 4.69) is 4.72 Å². The van der Waals surface area contributed by atoms with Crippen molar-refractivity contribution >= 4 is 10.0 Å². The molecule has 0 radical (unpaired) electrons. The second-order valence-electron chi connectivity index (χ2n) is 4.41. The smallest absolute Gasteiger partial charge is 0.243 e. The van der Waals surface area contributed by atoms with E-state index in [1.807, 2.05) is 0 Å². The maximum atomic E-state index is 13.3. The van der Waals surface area contributed by atoms with Gasteiger partial charge in [-0.3, -0.25) is 0 Å². The van der Waals surface area contributed by atoms with E-state index in [1.54, 1.807) is 0 Å². The van der Waals surface area contributed by atoms with Gasteiger partial charge in [0.1, 0.15) is 10.7 Å². The van der Waals surface area contributed by atoms with Gasteiger partial charge in [-0.05, 0) is 25.0 Å². The quantitative estimate of drug-likeness (QED) is 0.824. The highest BCUT2D eigenvalue weighted by atomic mass is 32.2. The molecule has 1 aliphatic carbocycles. The van der Waals surface area contributed by atoms with E-state index in [0.29, 0.717) is 0 Å². The molecule has 1 aromatic rings. The van der Waals surface area contributed by atoms with Crippen LogP contribution in [0.4, 0.5) is 4.39 Å². The summed E-state index contributed by atoms with van der Waals surface area (Å²) >= 11 is 0. The molecule has 6 heteroatoms. The third-order valence-corrected chi connectivity index (χ3v) is 4.49. The minimum absolute atomic E-state index is 0.0488. The minimum Gasteiger partial charge on any atom is -0.396 e. The molecule has 1 saturated carbocycles. The summed E-state index contributed by atoms with van der Waals surface area (Å²) in [4.78, 5) is -0.353. The number of aliphatic hydroxyl groups excluding tert-OH is 1. The zero-order valence-electron chi connectivity index (χ0n) is 9.19. The van der Waals surface area contributed by atoms with Gasteiger partial charge < -0.3 is 5.11 Å². The Hall–Kier alpha value is -0.980.